The monoisotopic (exact) mass is 334 g/mol. The Kier molecular flexibility index (Phi) is 5.22. The molecule has 1 saturated heterocycles. The summed E-state index contributed by atoms with van der Waals surface area (Å²) in [7, 11) is 1.62. The van der Waals surface area contributed by atoms with E-state index >= 15 is 0 Å². The average molecular weight is 334 g/mol. The number of ether oxygens (including phenoxy) is 3. The quantitative estimate of drug-likeness (QED) is 0.840. The van der Waals surface area contributed by atoms with Crippen molar-refractivity contribution in [3.05, 3.63) is 41.4 Å². The topological polar surface area (TPSA) is 60.9 Å². The summed E-state index contributed by atoms with van der Waals surface area (Å²) in [5.41, 5.74) is 0.585. The van der Waals surface area contributed by atoms with Gasteiger partial charge in [-0.25, -0.2) is 4.98 Å². The van der Waals surface area contributed by atoms with Crippen LogP contribution in [0.25, 0.3) is 0 Å². The second-order valence-corrected chi connectivity index (χ2v) is 5.97. The predicted octanol–water partition coefficient (Wildman–Crippen LogP) is 2.42. The van der Waals surface area contributed by atoms with Crippen molar-refractivity contribution in [2.45, 2.75) is 6.04 Å². The van der Waals surface area contributed by atoms with Gasteiger partial charge in [-0.1, -0.05) is 17.4 Å². The Bertz CT molecular complexity index is 645. The molecule has 0 spiro atoms. The van der Waals surface area contributed by atoms with Crippen molar-refractivity contribution in [2.75, 3.05) is 33.5 Å². The van der Waals surface area contributed by atoms with Gasteiger partial charge in [0.25, 0.3) is 11.1 Å². The second-order valence-electron chi connectivity index (χ2n) is 5.11. The zero-order valence-electron chi connectivity index (χ0n) is 12.8. The number of morpholine rings is 1. The molecule has 0 radical (unpaired) electrons. The molecule has 2 heterocycles. The van der Waals surface area contributed by atoms with E-state index in [0.717, 1.165) is 0 Å². The van der Waals surface area contributed by atoms with Crippen LogP contribution in [0.1, 0.15) is 10.4 Å². The van der Waals surface area contributed by atoms with Crippen molar-refractivity contribution in [1.29, 1.82) is 0 Å². The van der Waals surface area contributed by atoms with Crippen LogP contribution in [0.4, 0.5) is 0 Å². The molecule has 0 N–H and O–H groups in total. The Morgan fingerprint density at radius 3 is 3.22 bits per heavy atom. The number of carbonyl (C=O) groups excluding carboxylic acids is 1. The average Bonchev–Trinajstić information content (AvgIpc) is 3.08. The van der Waals surface area contributed by atoms with Gasteiger partial charge in [0.1, 0.15) is 5.75 Å². The highest BCUT2D eigenvalue weighted by Crippen LogP contribution is 2.25. The Morgan fingerprint density at radius 2 is 2.43 bits per heavy atom. The van der Waals surface area contributed by atoms with Gasteiger partial charge in [0.05, 0.1) is 25.9 Å². The van der Waals surface area contributed by atoms with E-state index in [1.54, 1.807) is 30.3 Å². The summed E-state index contributed by atoms with van der Waals surface area (Å²) in [6.45, 7) is 2.06. The van der Waals surface area contributed by atoms with Crippen LogP contribution in [0, 0.1) is 0 Å². The maximum absolute atomic E-state index is 12.8. The highest BCUT2D eigenvalue weighted by molar-refractivity contribution is 7.11. The van der Waals surface area contributed by atoms with E-state index in [4.69, 9.17) is 14.2 Å². The van der Waals surface area contributed by atoms with Crippen molar-refractivity contribution in [1.82, 2.24) is 9.88 Å². The molecule has 1 fully saturated rings. The van der Waals surface area contributed by atoms with Crippen LogP contribution in [0.15, 0.2) is 35.8 Å². The molecule has 2 aromatic rings. The van der Waals surface area contributed by atoms with E-state index in [1.165, 1.54) is 11.3 Å². The lowest BCUT2D eigenvalue weighted by molar-refractivity contribution is -0.0251. The van der Waals surface area contributed by atoms with Crippen molar-refractivity contribution < 1.29 is 19.0 Å². The van der Waals surface area contributed by atoms with Gasteiger partial charge in [-0.3, -0.25) is 4.79 Å². The number of aromatic nitrogens is 1. The number of amides is 1. The number of benzene rings is 1. The third kappa shape index (κ3) is 3.87. The van der Waals surface area contributed by atoms with Crippen LogP contribution in [0.2, 0.25) is 0 Å². The summed E-state index contributed by atoms with van der Waals surface area (Å²) in [5.74, 6) is 0.558. The van der Waals surface area contributed by atoms with Gasteiger partial charge in [-0.15, -0.1) is 0 Å². The molecule has 1 atom stereocenters. The first-order chi connectivity index (χ1) is 11.3. The highest BCUT2D eigenvalue weighted by Gasteiger charge is 2.28. The number of thiazole rings is 1. The summed E-state index contributed by atoms with van der Waals surface area (Å²) in [5, 5.41) is 2.39. The number of hydrogen-bond donors (Lipinski definition) is 0. The second kappa shape index (κ2) is 7.54. The van der Waals surface area contributed by atoms with Crippen molar-refractivity contribution >= 4 is 17.2 Å². The summed E-state index contributed by atoms with van der Waals surface area (Å²) in [6, 6.07) is 7.08. The van der Waals surface area contributed by atoms with Gasteiger partial charge < -0.3 is 19.1 Å². The molecule has 1 aromatic carbocycles. The molecule has 6 nitrogen and oxygen atoms in total. The van der Waals surface area contributed by atoms with Crippen LogP contribution in [0.3, 0.4) is 0 Å². The van der Waals surface area contributed by atoms with E-state index in [1.807, 2.05) is 17.5 Å². The minimum absolute atomic E-state index is 0.0417. The molecule has 3 rings (SSSR count). The standard InChI is InChI=1S/C16H18N2O4S/c1-20-10-13-11-21-7-6-18(13)15(19)12-3-2-4-14(9-12)22-16-17-5-8-23-16/h2-5,8-9,13H,6-7,10-11H2,1H3. The lowest BCUT2D eigenvalue weighted by Gasteiger charge is -2.35. The van der Waals surface area contributed by atoms with E-state index in [9.17, 15) is 4.79 Å². The van der Waals surface area contributed by atoms with E-state index in [0.29, 0.717) is 42.9 Å². The third-order valence-electron chi connectivity index (χ3n) is 3.54. The minimum atomic E-state index is -0.0650. The lowest BCUT2D eigenvalue weighted by atomic mass is 10.1. The molecule has 7 heteroatoms. The first kappa shape index (κ1) is 15.9. The van der Waals surface area contributed by atoms with Crippen molar-refractivity contribution in [3.8, 4) is 10.9 Å². The summed E-state index contributed by atoms with van der Waals surface area (Å²) < 4.78 is 16.3. The van der Waals surface area contributed by atoms with Gasteiger partial charge in [-0.05, 0) is 18.2 Å². The summed E-state index contributed by atoms with van der Waals surface area (Å²) >= 11 is 1.41. The summed E-state index contributed by atoms with van der Waals surface area (Å²) in [6.07, 6.45) is 1.68. The Hall–Kier alpha value is -1.96. The summed E-state index contributed by atoms with van der Waals surface area (Å²) in [4.78, 5) is 18.7. The molecule has 0 saturated carbocycles. The molecule has 1 aliphatic rings. The Labute approximate surface area is 138 Å². The van der Waals surface area contributed by atoms with E-state index in [-0.39, 0.29) is 11.9 Å². The van der Waals surface area contributed by atoms with Crippen molar-refractivity contribution in [3.63, 3.8) is 0 Å². The number of hydrogen-bond acceptors (Lipinski definition) is 6. The fourth-order valence-corrected chi connectivity index (χ4v) is 2.98. The van der Waals surface area contributed by atoms with Gasteiger partial charge in [0, 0.05) is 30.8 Å². The number of methoxy groups -OCH3 is 1. The largest absolute Gasteiger partial charge is 0.431 e. The number of carbonyl (C=O) groups is 1. The lowest BCUT2D eigenvalue weighted by Crippen LogP contribution is -2.50. The maximum Gasteiger partial charge on any atom is 0.278 e. The Morgan fingerprint density at radius 1 is 1.52 bits per heavy atom. The molecule has 1 unspecified atom stereocenters. The van der Waals surface area contributed by atoms with E-state index < -0.39 is 0 Å². The maximum atomic E-state index is 12.8. The van der Waals surface area contributed by atoms with Crippen LogP contribution in [-0.2, 0) is 9.47 Å². The zero-order chi connectivity index (χ0) is 16.1. The van der Waals surface area contributed by atoms with Crippen LogP contribution in [0.5, 0.6) is 10.9 Å². The smallest absolute Gasteiger partial charge is 0.278 e. The number of rotatable bonds is 5. The molecule has 1 aromatic heterocycles. The number of nitrogens with zero attached hydrogens (tertiary/aromatic N) is 2. The highest BCUT2D eigenvalue weighted by atomic mass is 32.1. The molecule has 0 bridgehead atoms. The van der Waals surface area contributed by atoms with Gasteiger partial charge >= 0.3 is 0 Å². The first-order valence-corrected chi connectivity index (χ1v) is 8.21. The third-order valence-corrected chi connectivity index (χ3v) is 4.19. The Balaban J connectivity index is 1.76. The SMILES string of the molecule is COCC1COCCN1C(=O)c1cccc(Oc2nccs2)c1. The molecule has 1 amide bonds. The fraction of sp³-hybridized carbons (Fsp3) is 0.375. The van der Waals surface area contributed by atoms with Crippen LogP contribution < -0.4 is 4.74 Å². The normalized spacial score (nSPS) is 18.0. The molecule has 1 aliphatic heterocycles. The van der Waals surface area contributed by atoms with Gasteiger partial charge in [-0.2, -0.15) is 0 Å². The van der Waals surface area contributed by atoms with Gasteiger partial charge in [0.15, 0.2) is 0 Å². The van der Waals surface area contributed by atoms with Crippen LogP contribution in [-0.4, -0.2) is 55.3 Å². The zero-order valence-corrected chi connectivity index (χ0v) is 13.6. The van der Waals surface area contributed by atoms with Crippen molar-refractivity contribution in [2.24, 2.45) is 0 Å². The first-order valence-electron chi connectivity index (χ1n) is 7.33. The predicted molar refractivity (Wildman–Crippen MR) is 86.1 cm³/mol. The van der Waals surface area contributed by atoms with E-state index in [2.05, 4.69) is 4.98 Å². The molecular formula is C16H18N2O4S. The van der Waals surface area contributed by atoms with Gasteiger partial charge in [0.2, 0.25) is 0 Å². The fourth-order valence-electron chi connectivity index (χ4n) is 2.47. The molecule has 0 aliphatic carbocycles. The molecular weight excluding hydrogens is 316 g/mol. The van der Waals surface area contributed by atoms with Crippen LogP contribution >= 0.6 is 11.3 Å². The minimum Gasteiger partial charge on any atom is -0.431 e. The molecule has 23 heavy (non-hydrogen) atoms. The molecule has 122 valence electrons.